The summed E-state index contributed by atoms with van der Waals surface area (Å²) in [5.74, 6) is 0.295. The fourth-order valence-electron chi connectivity index (χ4n) is 2.90. The average molecular weight is 388 g/mol. The number of aromatic nitrogens is 1. The highest BCUT2D eigenvalue weighted by Crippen LogP contribution is 2.26. The third-order valence-electron chi connectivity index (χ3n) is 4.27. The molecule has 0 unspecified atom stereocenters. The van der Waals surface area contributed by atoms with E-state index in [1.165, 1.54) is 6.07 Å². The van der Waals surface area contributed by atoms with Gasteiger partial charge in [-0.15, -0.1) is 0 Å². The van der Waals surface area contributed by atoms with Gasteiger partial charge < -0.3 is 4.90 Å². The van der Waals surface area contributed by atoms with Crippen molar-refractivity contribution in [2.24, 2.45) is 5.92 Å². The Balaban J connectivity index is 1.64. The van der Waals surface area contributed by atoms with E-state index in [4.69, 9.17) is 5.26 Å². The number of anilines is 1. The van der Waals surface area contributed by atoms with Crippen LogP contribution >= 0.6 is 15.9 Å². The van der Waals surface area contributed by atoms with Crippen LogP contribution in [-0.2, 0) is 0 Å². The van der Waals surface area contributed by atoms with Gasteiger partial charge in [0.25, 0.3) is 0 Å². The molecule has 2 aromatic rings. The predicted molar refractivity (Wildman–Crippen MR) is 92.3 cm³/mol. The summed E-state index contributed by atoms with van der Waals surface area (Å²) in [7, 11) is 0. The number of rotatable bonds is 3. The van der Waals surface area contributed by atoms with Crippen LogP contribution in [0.25, 0.3) is 0 Å². The number of nitriles is 1. The molecule has 1 aliphatic heterocycles. The monoisotopic (exact) mass is 387 g/mol. The Morgan fingerprint density at radius 1 is 1.29 bits per heavy atom. The maximum Gasteiger partial charge on any atom is 0.166 e. The van der Waals surface area contributed by atoms with Gasteiger partial charge in [0.2, 0.25) is 0 Å². The Hall–Kier alpha value is -2.26. The number of nitrogens with zero attached hydrogens (tertiary/aromatic N) is 3. The summed E-state index contributed by atoms with van der Waals surface area (Å²) in [6.45, 7) is 1.43. The lowest BCUT2D eigenvalue weighted by atomic mass is 9.89. The first-order chi connectivity index (χ1) is 11.6. The number of piperidine rings is 1. The molecular weight excluding hydrogens is 373 g/mol. The topological polar surface area (TPSA) is 57.0 Å². The molecule has 1 aromatic carbocycles. The van der Waals surface area contributed by atoms with Crippen LogP contribution in [0, 0.1) is 23.1 Å². The summed E-state index contributed by atoms with van der Waals surface area (Å²) in [6.07, 6.45) is 2.97. The van der Waals surface area contributed by atoms with Crippen LogP contribution in [0.1, 0.15) is 28.8 Å². The smallest absolute Gasteiger partial charge is 0.166 e. The predicted octanol–water partition coefficient (Wildman–Crippen LogP) is 3.95. The zero-order valence-corrected chi connectivity index (χ0v) is 14.5. The molecule has 6 heteroatoms. The second-order valence-electron chi connectivity index (χ2n) is 5.77. The standard InChI is InChI=1S/C18H15BrFN3O/c19-15-3-2-14(9-16(15)20)18(24)13-5-7-23(8-6-13)17-4-1-12(10-21)11-22-17/h1-4,9,11,13H,5-8H2. The molecule has 122 valence electrons. The minimum atomic E-state index is -0.417. The first kappa shape index (κ1) is 16.6. The highest BCUT2D eigenvalue weighted by Gasteiger charge is 2.26. The number of ketones is 1. The number of carbonyl (C=O) groups excluding carboxylic acids is 1. The molecule has 1 fully saturated rings. The van der Waals surface area contributed by atoms with Crippen molar-refractivity contribution in [3.05, 3.63) is 57.9 Å². The summed E-state index contributed by atoms with van der Waals surface area (Å²) in [4.78, 5) is 18.9. The molecule has 4 nitrogen and oxygen atoms in total. The van der Waals surface area contributed by atoms with Crippen LogP contribution in [0.4, 0.5) is 10.2 Å². The van der Waals surface area contributed by atoms with E-state index in [-0.39, 0.29) is 11.7 Å². The Morgan fingerprint density at radius 3 is 2.62 bits per heavy atom. The fraction of sp³-hybridized carbons (Fsp3) is 0.278. The van der Waals surface area contributed by atoms with E-state index in [0.29, 0.717) is 41.5 Å². The molecule has 0 radical (unpaired) electrons. The molecule has 1 aromatic heterocycles. The van der Waals surface area contributed by atoms with Crippen LogP contribution in [0.15, 0.2) is 41.0 Å². The third-order valence-corrected chi connectivity index (χ3v) is 4.91. The van der Waals surface area contributed by atoms with Crippen LogP contribution in [0.2, 0.25) is 0 Å². The summed E-state index contributed by atoms with van der Waals surface area (Å²) in [6, 6.07) is 10.1. The van der Waals surface area contributed by atoms with Gasteiger partial charge in [-0.25, -0.2) is 9.37 Å². The van der Waals surface area contributed by atoms with Crippen molar-refractivity contribution >= 4 is 27.5 Å². The van der Waals surface area contributed by atoms with Crippen molar-refractivity contribution < 1.29 is 9.18 Å². The van der Waals surface area contributed by atoms with E-state index in [2.05, 4.69) is 25.8 Å². The maximum absolute atomic E-state index is 13.6. The van der Waals surface area contributed by atoms with Gasteiger partial charge >= 0.3 is 0 Å². The molecule has 3 rings (SSSR count). The molecule has 0 atom stereocenters. The second kappa shape index (κ2) is 7.10. The second-order valence-corrected chi connectivity index (χ2v) is 6.63. The maximum atomic E-state index is 13.6. The normalized spacial score (nSPS) is 15.1. The van der Waals surface area contributed by atoms with Gasteiger partial charge in [-0.2, -0.15) is 5.26 Å². The fourth-order valence-corrected chi connectivity index (χ4v) is 3.14. The minimum Gasteiger partial charge on any atom is -0.357 e. The molecule has 0 amide bonds. The molecule has 2 heterocycles. The lowest BCUT2D eigenvalue weighted by Crippen LogP contribution is -2.36. The van der Waals surface area contributed by atoms with E-state index in [1.54, 1.807) is 24.4 Å². The molecule has 24 heavy (non-hydrogen) atoms. The Labute approximate surface area is 148 Å². The summed E-state index contributed by atoms with van der Waals surface area (Å²) in [5, 5.41) is 8.81. The lowest BCUT2D eigenvalue weighted by molar-refractivity contribution is 0.0900. The minimum absolute atomic E-state index is 0.00571. The molecule has 1 aliphatic rings. The highest BCUT2D eigenvalue weighted by atomic mass is 79.9. The van der Waals surface area contributed by atoms with Crippen LogP contribution in [0.5, 0.6) is 0 Å². The molecule has 1 saturated heterocycles. The van der Waals surface area contributed by atoms with Crippen molar-refractivity contribution in [1.82, 2.24) is 4.98 Å². The Kier molecular flexibility index (Phi) is 4.91. The molecule has 0 aliphatic carbocycles. The molecule has 0 spiro atoms. The zero-order chi connectivity index (χ0) is 17.1. The summed E-state index contributed by atoms with van der Waals surface area (Å²) < 4.78 is 14.0. The SMILES string of the molecule is N#Cc1ccc(N2CCC(C(=O)c3ccc(Br)c(F)c3)CC2)nc1. The van der Waals surface area contributed by atoms with Crippen LogP contribution in [-0.4, -0.2) is 23.9 Å². The molecule has 0 bridgehead atoms. The Bertz CT molecular complexity index is 793. The highest BCUT2D eigenvalue weighted by molar-refractivity contribution is 9.10. The number of Topliss-reactive ketones (excluding diaryl/α,β-unsaturated/α-hetero) is 1. The number of benzene rings is 1. The van der Waals surface area contributed by atoms with Gasteiger partial charge in [-0.3, -0.25) is 4.79 Å². The quantitative estimate of drug-likeness (QED) is 0.748. The summed E-state index contributed by atoms with van der Waals surface area (Å²) >= 11 is 3.10. The average Bonchev–Trinajstić information content (AvgIpc) is 2.63. The van der Waals surface area contributed by atoms with Crippen molar-refractivity contribution in [2.45, 2.75) is 12.8 Å². The largest absolute Gasteiger partial charge is 0.357 e. The first-order valence-corrected chi connectivity index (χ1v) is 8.48. The van der Waals surface area contributed by atoms with E-state index < -0.39 is 5.82 Å². The van der Waals surface area contributed by atoms with Crippen molar-refractivity contribution in [2.75, 3.05) is 18.0 Å². The number of hydrogen-bond acceptors (Lipinski definition) is 4. The van der Waals surface area contributed by atoms with Gasteiger partial charge in [0.05, 0.1) is 10.0 Å². The molecular formula is C18H15BrFN3O. The first-order valence-electron chi connectivity index (χ1n) is 7.69. The number of halogens is 2. The van der Waals surface area contributed by atoms with Crippen molar-refractivity contribution in [3.8, 4) is 6.07 Å². The van der Waals surface area contributed by atoms with E-state index in [1.807, 2.05) is 12.1 Å². The van der Waals surface area contributed by atoms with Gasteiger partial charge in [0.15, 0.2) is 5.78 Å². The van der Waals surface area contributed by atoms with E-state index >= 15 is 0 Å². The molecule has 0 N–H and O–H groups in total. The molecule has 0 saturated carbocycles. The number of carbonyl (C=O) groups is 1. The zero-order valence-electron chi connectivity index (χ0n) is 12.9. The van der Waals surface area contributed by atoms with Gasteiger partial charge in [0, 0.05) is 30.8 Å². The van der Waals surface area contributed by atoms with Crippen molar-refractivity contribution in [1.29, 1.82) is 5.26 Å². The van der Waals surface area contributed by atoms with Gasteiger partial charge in [-0.1, -0.05) is 6.07 Å². The number of hydrogen-bond donors (Lipinski definition) is 0. The van der Waals surface area contributed by atoms with Crippen LogP contribution in [0.3, 0.4) is 0 Å². The number of pyridine rings is 1. The third kappa shape index (κ3) is 3.46. The van der Waals surface area contributed by atoms with Gasteiger partial charge in [-0.05, 0) is 53.0 Å². The van der Waals surface area contributed by atoms with Crippen LogP contribution < -0.4 is 4.90 Å². The van der Waals surface area contributed by atoms with E-state index in [9.17, 15) is 9.18 Å². The Morgan fingerprint density at radius 2 is 2.04 bits per heavy atom. The van der Waals surface area contributed by atoms with Crippen molar-refractivity contribution in [3.63, 3.8) is 0 Å². The summed E-state index contributed by atoms with van der Waals surface area (Å²) in [5.41, 5.74) is 0.951. The van der Waals surface area contributed by atoms with E-state index in [0.717, 1.165) is 5.82 Å². The van der Waals surface area contributed by atoms with Gasteiger partial charge in [0.1, 0.15) is 17.7 Å². The lowest BCUT2D eigenvalue weighted by Gasteiger charge is -2.32.